The van der Waals surface area contributed by atoms with Gasteiger partial charge in [-0.1, -0.05) is 6.92 Å². The van der Waals surface area contributed by atoms with Crippen LogP contribution in [-0.2, 0) is 4.79 Å². The number of carbonyl (C=O) groups is 1. The molecule has 1 amide bonds. The van der Waals surface area contributed by atoms with Crippen LogP contribution in [-0.4, -0.2) is 31.8 Å². The van der Waals surface area contributed by atoms with Gasteiger partial charge in [-0.25, -0.2) is 0 Å². The van der Waals surface area contributed by atoms with Crippen LogP contribution in [0.2, 0.25) is 0 Å². The van der Waals surface area contributed by atoms with Gasteiger partial charge in [0.05, 0.1) is 5.92 Å². The average molecular weight is 264 g/mol. The van der Waals surface area contributed by atoms with Crippen molar-refractivity contribution in [3.05, 3.63) is 24.3 Å². The van der Waals surface area contributed by atoms with Gasteiger partial charge in [0.1, 0.15) is 0 Å². The molecule has 0 spiro atoms. The zero-order valence-corrected chi connectivity index (χ0v) is 11.8. The van der Waals surface area contributed by atoms with Crippen molar-refractivity contribution in [3.8, 4) is 0 Å². The van der Waals surface area contributed by atoms with Crippen LogP contribution in [0.1, 0.15) is 13.3 Å². The summed E-state index contributed by atoms with van der Waals surface area (Å²) in [7, 11) is 1.86. The van der Waals surface area contributed by atoms with Gasteiger partial charge in [0.15, 0.2) is 0 Å². The maximum Gasteiger partial charge on any atom is 0.231 e. The highest BCUT2D eigenvalue weighted by Gasteiger charge is 2.25. The molecule has 1 heterocycles. The number of rotatable bonds is 4. The Balaban J connectivity index is 2.03. The van der Waals surface area contributed by atoms with Gasteiger partial charge in [-0.15, -0.1) is 11.8 Å². The van der Waals surface area contributed by atoms with E-state index in [-0.39, 0.29) is 11.8 Å². The second-order valence-corrected chi connectivity index (χ2v) is 5.85. The molecule has 0 aliphatic carbocycles. The van der Waals surface area contributed by atoms with Crippen LogP contribution in [0.15, 0.2) is 29.2 Å². The van der Waals surface area contributed by atoms with Crippen LogP contribution in [0.5, 0.6) is 0 Å². The smallest absolute Gasteiger partial charge is 0.231 e. The number of hydrogen-bond donors (Lipinski definition) is 1. The predicted octanol–water partition coefficient (Wildman–Crippen LogP) is 2.37. The van der Waals surface area contributed by atoms with E-state index in [0.29, 0.717) is 0 Å². The Morgan fingerprint density at radius 1 is 1.44 bits per heavy atom. The van der Waals surface area contributed by atoms with E-state index in [1.807, 2.05) is 30.9 Å². The van der Waals surface area contributed by atoms with E-state index in [1.54, 1.807) is 4.90 Å². The van der Waals surface area contributed by atoms with E-state index in [0.717, 1.165) is 31.0 Å². The maximum atomic E-state index is 12.2. The molecule has 98 valence electrons. The monoisotopic (exact) mass is 264 g/mol. The third-order valence-corrected chi connectivity index (χ3v) is 4.17. The molecule has 1 aromatic rings. The number of carbonyl (C=O) groups excluding carboxylic acids is 1. The Kier molecular flexibility index (Phi) is 4.66. The minimum absolute atomic E-state index is 0.139. The Morgan fingerprint density at radius 2 is 2.17 bits per heavy atom. The normalized spacial score (nSPS) is 18.9. The second kappa shape index (κ2) is 6.25. The summed E-state index contributed by atoms with van der Waals surface area (Å²) in [5.74, 6) is 1.43. The van der Waals surface area contributed by atoms with E-state index in [4.69, 9.17) is 0 Å². The van der Waals surface area contributed by atoms with Gasteiger partial charge < -0.3 is 10.2 Å². The standard InChI is InChI=1S/C14H20N2OS/c1-3-18-13-6-4-12(5-7-13)16(2)14(17)11-8-9-15-10-11/h4-7,11,15H,3,8-10H2,1-2H3. The van der Waals surface area contributed by atoms with E-state index in [9.17, 15) is 4.79 Å². The fraction of sp³-hybridized carbons (Fsp3) is 0.500. The number of thioether (sulfide) groups is 1. The van der Waals surface area contributed by atoms with Crippen LogP contribution in [0.25, 0.3) is 0 Å². The van der Waals surface area contributed by atoms with Gasteiger partial charge >= 0.3 is 0 Å². The molecular weight excluding hydrogens is 244 g/mol. The molecule has 4 heteroatoms. The molecule has 0 radical (unpaired) electrons. The molecule has 0 aromatic heterocycles. The SMILES string of the molecule is CCSc1ccc(N(C)C(=O)C2CCNC2)cc1. The molecule has 1 N–H and O–H groups in total. The molecule has 3 nitrogen and oxygen atoms in total. The Bertz CT molecular complexity index is 399. The summed E-state index contributed by atoms with van der Waals surface area (Å²) in [6, 6.07) is 8.22. The van der Waals surface area contributed by atoms with Gasteiger partial charge in [-0.2, -0.15) is 0 Å². The van der Waals surface area contributed by atoms with Crippen molar-refractivity contribution in [2.24, 2.45) is 5.92 Å². The Labute approximate surface area is 113 Å². The molecule has 1 fully saturated rings. The first-order chi connectivity index (χ1) is 8.72. The third kappa shape index (κ3) is 3.06. The Morgan fingerprint density at radius 3 is 2.72 bits per heavy atom. The summed E-state index contributed by atoms with van der Waals surface area (Å²) in [6.45, 7) is 3.91. The van der Waals surface area contributed by atoms with Crippen molar-refractivity contribution >= 4 is 23.4 Å². The molecule has 1 aliphatic rings. The fourth-order valence-electron chi connectivity index (χ4n) is 2.20. The van der Waals surface area contributed by atoms with Gasteiger partial charge in [-0.3, -0.25) is 4.79 Å². The van der Waals surface area contributed by atoms with Crippen LogP contribution < -0.4 is 10.2 Å². The van der Waals surface area contributed by atoms with Crippen LogP contribution >= 0.6 is 11.8 Å². The maximum absolute atomic E-state index is 12.2. The molecule has 1 aromatic carbocycles. The molecule has 1 saturated heterocycles. The summed E-state index contributed by atoms with van der Waals surface area (Å²) in [6.07, 6.45) is 0.951. The average Bonchev–Trinajstić information content (AvgIpc) is 2.92. The van der Waals surface area contributed by atoms with Crippen molar-refractivity contribution in [1.29, 1.82) is 0 Å². The number of hydrogen-bond acceptors (Lipinski definition) is 3. The molecule has 0 bridgehead atoms. The molecular formula is C14H20N2OS. The van der Waals surface area contributed by atoms with Gasteiger partial charge in [-0.05, 0) is 43.0 Å². The first-order valence-electron chi connectivity index (χ1n) is 6.43. The number of amides is 1. The summed E-state index contributed by atoms with van der Waals surface area (Å²) in [5, 5.41) is 3.23. The molecule has 0 saturated carbocycles. The van der Waals surface area contributed by atoms with E-state index >= 15 is 0 Å². The summed E-state index contributed by atoms with van der Waals surface area (Å²) >= 11 is 1.82. The second-order valence-electron chi connectivity index (χ2n) is 4.51. The molecule has 18 heavy (non-hydrogen) atoms. The van der Waals surface area contributed by atoms with Crippen LogP contribution in [0.4, 0.5) is 5.69 Å². The fourth-order valence-corrected chi connectivity index (χ4v) is 2.86. The lowest BCUT2D eigenvalue weighted by Crippen LogP contribution is -2.33. The molecule has 2 rings (SSSR count). The highest BCUT2D eigenvalue weighted by atomic mass is 32.2. The quantitative estimate of drug-likeness (QED) is 0.847. The zero-order chi connectivity index (χ0) is 13.0. The minimum Gasteiger partial charge on any atom is -0.316 e. The van der Waals surface area contributed by atoms with Gasteiger partial charge in [0.25, 0.3) is 0 Å². The third-order valence-electron chi connectivity index (χ3n) is 3.28. The van der Waals surface area contributed by atoms with E-state index in [2.05, 4.69) is 24.4 Å². The molecule has 1 aliphatic heterocycles. The molecule has 1 atom stereocenters. The van der Waals surface area contributed by atoms with Crippen molar-refractivity contribution in [3.63, 3.8) is 0 Å². The minimum atomic E-state index is 0.139. The van der Waals surface area contributed by atoms with Gasteiger partial charge in [0, 0.05) is 24.2 Å². The lowest BCUT2D eigenvalue weighted by molar-refractivity contribution is -0.121. The number of nitrogens with one attached hydrogen (secondary N) is 1. The Hall–Kier alpha value is -1.00. The summed E-state index contributed by atoms with van der Waals surface area (Å²) in [5.41, 5.74) is 0.979. The number of nitrogens with zero attached hydrogens (tertiary/aromatic N) is 1. The zero-order valence-electron chi connectivity index (χ0n) is 11.0. The van der Waals surface area contributed by atoms with Crippen molar-refractivity contribution in [2.75, 3.05) is 30.8 Å². The topological polar surface area (TPSA) is 32.3 Å². The van der Waals surface area contributed by atoms with Crippen molar-refractivity contribution in [2.45, 2.75) is 18.2 Å². The lowest BCUT2D eigenvalue weighted by Gasteiger charge is -2.21. The number of anilines is 1. The largest absolute Gasteiger partial charge is 0.316 e. The lowest BCUT2D eigenvalue weighted by atomic mass is 10.1. The highest BCUT2D eigenvalue weighted by molar-refractivity contribution is 7.99. The van der Waals surface area contributed by atoms with E-state index in [1.165, 1.54) is 4.90 Å². The van der Waals surface area contributed by atoms with Crippen LogP contribution in [0, 0.1) is 5.92 Å². The predicted molar refractivity (Wildman–Crippen MR) is 77.2 cm³/mol. The van der Waals surface area contributed by atoms with Crippen molar-refractivity contribution < 1.29 is 4.79 Å². The van der Waals surface area contributed by atoms with E-state index < -0.39 is 0 Å². The first kappa shape index (κ1) is 13.4. The van der Waals surface area contributed by atoms with Gasteiger partial charge in [0.2, 0.25) is 5.91 Å². The first-order valence-corrected chi connectivity index (χ1v) is 7.42. The summed E-state index contributed by atoms with van der Waals surface area (Å²) < 4.78 is 0. The number of benzene rings is 1. The van der Waals surface area contributed by atoms with Crippen LogP contribution in [0.3, 0.4) is 0 Å². The van der Waals surface area contributed by atoms with Crippen molar-refractivity contribution in [1.82, 2.24) is 5.32 Å². The molecule has 1 unspecified atom stereocenters. The highest BCUT2D eigenvalue weighted by Crippen LogP contribution is 2.23. The summed E-state index contributed by atoms with van der Waals surface area (Å²) in [4.78, 5) is 15.3.